The van der Waals surface area contributed by atoms with Crippen molar-refractivity contribution >= 4 is 5.91 Å². The number of hydrogen-bond donors (Lipinski definition) is 2. The summed E-state index contributed by atoms with van der Waals surface area (Å²) in [5.41, 5.74) is 14.2. The zero-order valence-corrected chi connectivity index (χ0v) is 12.4. The molecule has 4 rings (SSSR count). The minimum Gasteiger partial charge on any atom is -0.488 e. The Morgan fingerprint density at radius 1 is 1.17 bits per heavy atom. The first-order chi connectivity index (χ1) is 11.2. The van der Waals surface area contributed by atoms with E-state index in [1.165, 1.54) is 0 Å². The molecular formula is C17H16N2O4. The van der Waals surface area contributed by atoms with Crippen LogP contribution in [-0.4, -0.2) is 25.3 Å². The van der Waals surface area contributed by atoms with Crippen molar-refractivity contribution in [3.63, 3.8) is 0 Å². The summed E-state index contributed by atoms with van der Waals surface area (Å²) in [7, 11) is 0. The summed E-state index contributed by atoms with van der Waals surface area (Å²) < 4.78 is 16.7. The number of amides is 1. The van der Waals surface area contributed by atoms with Crippen molar-refractivity contribution in [2.45, 2.75) is 12.5 Å². The first-order valence-electron chi connectivity index (χ1n) is 7.40. The third-order valence-corrected chi connectivity index (χ3v) is 4.16. The molecule has 0 radical (unpaired) electrons. The number of ether oxygens (including phenoxy) is 3. The molecule has 6 nitrogen and oxygen atoms in total. The molecule has 1 atom stereocenters. The van der Waals surface area contributed by atoms with E-state index in [9.17, 15) is 4.79 Å². The van der Waals surface area contributed by atoms with Crippen LogP contribution in [0.3, 0.4) is 0 Å². The van der Waals surface area contributed by atoms with Gasteiger partial charge in [-0.1, -0.05) is 18.2 Å². The molecule has 2 heterocycles. The highest BCUT2D eigenvalue weighted by atomic mass is 16.7. The number of rotatable bonds is 3. The molecule has 0 bridgehead atoms. The van der Waals surface area contributed by atoms with Gasteiger partial charge in [0.2, 0.25) is 12.7 Å². The Balaban J connectivity index is 1.90. The molecule has 6 heteroatoms. The average Bonchev–Trinajstić information content (AvgIpc) is 3.18. The average molecular weight is 312 g/mol. The van der Waals surface area contributed by atoms with Crippen LogP contribution in [0.1, 0.15) is 15.9 Å². The lowest BCUT2D eigenvalue weighted by molar-refractivity contribution is 0.100. The fraction of sp³-hybridized carbons (Fsp3) is 0.235. The highest BCUT2D eigenvalue weighted by Crippen LogP contribution is 2.44. The Morgan fingerprint density at radius 2 is 1.96 bits per heavy atom. The standard InChI is InChI=1S/C17H16N2O4/c18-7-10-4-9-2-1-3-11(16(9)23-10)12-5-14-15(22-8-21-14)6-13(12)17(19)20/h1-3,5-6,10H,4,7-8,18H2,(H2,19,20). The van der Waals surface area contributed by atoms with E-state index in [1.807, 2.05) is 18.2 Å². The van der Waals surface area contributed by atoms with Crippen LogP contribution in [0.5, 0.6) is 17.2 Å². The lowest BCUT2D eigenvalue weighted by Gasteiger charge is -2.13. The van der Waals surface area contributed by atoms with Crippen LogP contribution in [0, 0.1) is 0 Å². The Bertz CT molecular complexity index is 803. The molecule has 2 aliphatic heterocycles. The zero-order valence-electron chi connectivity index (χ0n) is 12.4. The maximum Gasteiger partial charge on any atom is 0.249 e. The number of nitrogens with two attached hydrogens (primary N) is 2. The van der Waals surface area contributed by atoms with E-state index in [1.54, 1.807) is 12.1 Å². The fourth-order valence-electron chi connectivity index (χ4n) is 3.05. The predicted octanol–water partition coefficient (Wildman–Crippen LogP) is 1.44. The molecule has 0 spiro atoms. The van der Waals surface area contributed by atoms with Gasteiger partial charge in [0.15, 0.2) is 11.5 Å². The number of primary amides is 1. The molecule has 0 aromatic heterocycles. The third kappa shape index (κ3) is 2.19. The summed E-state index contributed by atoms with van der Waals surface area (Å²) >= 11 is 0. The van der Waals surface area contributed by atoms with Crippen molar-refractivity contribution in [1.29, 1.82) is 0 Å². The summed E-state index contributed by atoms with van der Waals surface area (Å²) in [6, 6.07) is 9.24. The first-order valence-corrected chi connectivity index (χ1v) is 7.40. The smallest absolute Gasteiger partial charge is 0.249 e. The van der Waals surface area contributed by atoms with Crippen molar-refractivity contribution in [3.8, 4) is 28.4 Å². The summed E-state index contributed by atoms with van der Waals surface area (Å²) in [4.78, 5) is 11.9. The SMILES string of the molecule is NCC1Cc2cccc(-c3cc4c(cc3C(N)=O)OCO4)c2O1. The minimum atomic E-state index is -0.524. The van der Waals surface area contributed by atoms with E-state index in [0.717, 1.165) is 23.3 Å². The molecule has 4 N–H and O–H groups in total. The molecule has 0 saturated carbocycles. The lowest BCUT2D eigenvalue weighted by atomic mass is 9.95. The van der Waals surface area contributed by atoms with Gasteiger partial charge in [0.1, 0.15) is 11.9 Å². The van der Waals surface area contributed by atoms with Crippen molar-refractivity contribution in [3.05, 3.63) is 41.5 Å². The Morgan fingerprint density at radius 3 is 2.70 bits per heavy atom. The molecule has 1 amide bonds. The van der Waals surface area contributed by atoms with Crippen molar-refractivity contribution in [2.24, 2.45) is 11.5 Å². The molecule has 2 aromatic carbocycles. The minimum absolute atomic E-state index is 0.0443. The van der Waals surface area contributed by atoms with Crippen LogP contribution < -0.4 is 25.7 Å². The summed E-state index contributed by atoms with van der Waals surface area (Å²) in [6.45, 7) is 0.577. The molecule has 23 heavy (non-hydrogen) atoms. The van der Waals surface area contributed by atoms with Crippen LogP contribution in [0.15, 0.2) is 30.3 Å². The van der Waals surface area contributed by atoms with Gasteiger partial charge in [-0.3, -0.25) is 4.79 Å². The Kier molecular flexibility index (Phi) is 3.12. The van der Waals surface area contributed by atoms with E-state index < -0.39 is 5.91 Å². The van der Waals surface area contributed by atoms with E-state index in [0.29, 0.717) is 29.2 Å². The van der Waals surface area contributed by atoms with Gasteiger partial charge in [-0.25, -0.2) is 0 Å². The number of hydrogen-bond acceptors (Lipinski definition) is 5. The van der Waals surface area contributed by atoms with Gasteiger partial charge < -0.3 is 25.7 Å². The summed E-state index contributed by atoms with van der Waals surface area (Å²) in [5, 5.41) is 0. The van der Waals surface area contributed by atoms with E-state index >= 15 is 0 Å². The van der Waals surface area contributed by atoms with Gasteiger partial charge in [0, 0.05) is 24.1 Å². The topological polar surface area (TPSA) is 96.8 Å². The van der Waals surface area contributed by atoms with Gasteiger partial charge >= 0.3 is 0 Å². The maximum absolute atomic E-state index is 11.9. The molecule has 0 saturated heterocycles. The molecule has 0 fully saturated rings. The third-order valence-electron chi connectivity index (χ3n) is 4.16. The first kappa shape index (κ1) is 13.9. The molecular weight excluding hydrogens is 296 g/mol. The van der Waals surface area contributed by atoms with Gasteiger partial charge in [0.25, 0.3) is 0 Å². The lowest BCUT2D eigenvalue weighted by Crippen LogP contribution is -2.24. The van der Waals surface area contributed by atoms with Gasteiger partial charge in [-0.2, -0.15) is 0 Å². The van der Waals surface area contributed by atoms with Crippen molar-refractivity contribution < 1.29 is 19.0 Å². The molecule has 118 valence electrons. The predicted molar refractivity (Wildman–Crippen MR) is 83.7 cm³/mol. The van der Waals surface area contributed by atoms with Crippen LogP contribution in [0.4, 0.5) is 0 Å². The second-order valence-corrected chi connectivity index (χ2v) is 5.59. The largest absolute Gasteiger partial charge is 0.488 e. The van der Waals surface area contributed by atoms with Crippen molar-refractivity contribution in [2.75, 3.05) is 13.3 Å². The van der Waals surface area contributed by atoms with Crippen molar-refractivity contribution in [1.82, 2.24) is 0 Å². The fourth-order valence-corrected chi connectivity index (χ4v) is 3.05. The number of benzene rings is 2. The Labute approximate surface area is 132 Å². The van der Waals surface area contributed by atoms with Gasteiger partial charge in [-0.15, -0.1) is 0 Å². The number of carbonyl (C=O) groups is 1. The second-order valence-electron chi connectivity index (χ2n) is 5.59. The quantitative estimate of drug-likeness (QED) is 0.894. The maximum atomic E-state index is 11.9. The van der Waals surface area contributed by atoms with Gasteiger partial charge in [-0.05, 0) is 17.7 Å². The van der Waals surface area contributed by atoms with Crippen LogP contribution >= 0.6 is 0 Å². The molecule has 2 aliphatic rings. The zero-order chi connectivity index (χ0) is 16.0. The highest BCUT2D eigenvalue weighted by molar-refractivity contribution is 6.01. The van der Waals surface area contributed by atoms with Crippen LogP contribution in [0.2, 0.25) is 0 Å². The van der Waals surface area contributed by atoms with E-state index in [-0.39, 0.29) is 12.9 Å². The number of fused-ring (bicyclic) bond motifs is 2. The number of carbonyl (C=O) groups excluding carboxylic acids is 1. The van der Waals surface area contributed by atoms with E-state index in [4.69, 9.17) is 25.7 Å². The van der Waals surface area contributed by atoms with Gasteiger partial charge in [0.05, 0.1) is 5.56 Å². The molecule has 2 aromatic rings. The normalized spacial score (nSPS) is 17.7. The Hall–Kier alpha value is -2.73. The highest BCUT2D eigenvalue weighted by Gasteiger charge is 2.28. The molecule has 1 unspecified atom stereocenters. The summed E-state index contributed by atoms with van der Waals surface area (Å²) in [6.07, 6.45) is 0.716. The number of para-hydroxylation sites is 1. The van der Waals surface area contributed by atoms with E-state index in [2.05, 4.69) is 0 Å². The molecule has 0 aliphatic carbocycles. The summed E-state index contributed by atoms with van der Waals surface area (Å²) in [5.74, 6) is 1.35. The van der Waals surface area contributed by atoms with Crippen LogP contribution in [-0.2, 0) is 6.42 Å². The monoisotopic (exact) mass is 312 g/mol. The van der Waals surface area contributed by atoms with Crippen LogP contribution in [0.25, 0.3) is 11.1 Å². The second kappa shape index (κ2) is 5.17.